The molecular formula is C22H13Br. The van der Waals surface area contributed by atoms with Gasteiger partial charge in [0.05, 0.1) is 17.8 Å². The van der Waals surface area contributed by atoms with Crippen molar-refractivity contribution in [3.63, 3.8) is 0 Å². The molecule has 0 aliphatic carbocycles. The van der Waals surface area contributed by atoms with E-state index in [9.17, 15) is 0 Å². The van der Waals surface area contributed by atoms with Crippen LogP contribution in [0.15, 0.2) is 83.0 Å². The Morgan fingerprint density at radius 3 is 1.87 bits per heavy atom. The van der Waals surface area contributed by atoms with E-state index >= 15 is 0 Å². The second-order valence-corrected chi connectivity index (χ2v) is 5.73. The van der Waals surface area contributed by atoms with E-state index in [-0.39, 0.29) is 53.6 Å². The van der Waals surface area contributed by atoms with Crippen LogP contribution in [0.25, 0.3) is 43.1 Å². The normalized spacial score (nSPS) is 19.6. The molecule has 0 aromatic heterocycles. The summed E-state index contributed by atoms with van der Waals surface area (Å²) < 4.78 is 110. The summed E-state index contributed by atoms with van der Waals surface area (Å²) in [6.07, 6.45) is 0. The molecule has 108 valence electrons. The van der Waals surface area contributed by atoms with Crippen molar-refractivity contribution in [2.45, 2.75) is 0 Å². The molecule has 0 spiro atoms. The Balaban J connectivity index is 2.40. The zero-order valence-corrected chi connectivity index (χ0v) is 13.0. The first kappa shape index (κ1) is 5.61. The van der Waals surface area contributed by atoms with E-state index in [1.807, 2.05) is 0 Å². The van der Waals surface area contributed by atoms with Crippen molar-refractivity contribution in [1.82, 2.24) is 0 Å². The average Bonchev–Trinajstić information content (AvgIpc) is 2.84. The van der Waals surface area contributed by atoms with Crippen molar-refractivity contribution in [2.24, 2.45) is 0 Å². The van der Waals surface area contributed by atoms with Crippen LogP contribution in [0.5, 0.6) is 0 Å². The first-order valence-corrected chi connectivity index (χ1v) is 7.48. The molecule has 0 aliphatic rings. The Morgan fingerprint density at radius 1 is 0.565 bits per heavy atom. The molecule has 0 atom stereocenters. The van der Waals surface area contributed by atoms with Crippen molar-refractivity contribution in [1.29, 1.82) is 0 Å². The van der Waals surface area contributed by atoms with Gasteiger partial charge in [-0.05, 0) is 49.1 Å². The van der Waals surface area contributed by atoms with E-state index in [2.05, 4.69) is 15.9 Å². The minimum atomic E-state index is -0.622. The van der Waals surface area contributed by atoms with Gasteiger partial charge in [0, 0.05) is 4.47 Å². The molecule has 5 aromatic carbocycles. The van der Waals surface area contributed by atoms with Crippen LogP contribution in [0.3, 0.4) is 0 Å². The maximum atomic E-state index is 8.71. The summed E-state index contributed by atoms with van der Waals surface area (Å²) in [6, 6.07) is -7.02. The number of fused-ring (bicyclic) bond motifs is 7. The lowest BCUT2D eigenvalue weighted by Gasteiger charge is -2.12. The lowest BCUT2D eigenvalue weighted by molar-refractivity contribution is 1.76. The second-order valence-electron chi connectivity index (χ2n) is 4.94. The van der Waals surface area contributed by atoms with E-state index < -0.39 is 72.5 Å². The van der Waals surface area contributed by atoms with Gasteiger partial charge in [0.15, 0.2) is 0 Å². The Morgan fingerprint density at radius 2 is 1.13 bits per heavy atom. The van der Waals surface area contributed by atoms with Crippen molar-refractivity contribution >= 4 is 59.0 Å². The molecule has 0 nitrogen and oxygen atoms in total. The highest BCUT2D eigenvalue weighted by atomic mass is 79.9. The minimum absolute atomic E-state index is 0.0362. The highest BCUT2D eigenvalue weighted by Crippen LogP contribution is 2.39. The summed E-state index contributed by atoms with van der Waals surface area (Å²) >= 11 is 3.25. The van der Waals surface area contributed by atoms with Crippen LogP contribution in [-0.2, 0) is 0 Å². The Labute approximate surface area is 160 Å². The number of rotatable bonds is 0. The van der Waals surface area contributed by atoms with Crippen LogP contribution in [0.1, 0.15) is 17.8 Å². The van der Waals surface area contributed by atoms with Gasteiger partial charge in [0.2, 0.25) is 0 Å². The van der Waals surface area contributed by atoms with Gasteiger partial charge in [-0.3, -0.25) is 0 Å². The van der Waals surface area contributed by atoms with Gasteiger partial charge in [-0.25, -0.2) is 0 Å². The lowest BCUT2D eigenvalue weighted by Crippen LogP contribution is -1.84. The first-order chi connectivity index (χ1) is 16.7. The van der Waals surface area contributed by atoms with Gasteiger partial charge in [-0.1, -0.05) is 88.4 Å². The van der Waals surface area contributed by atoms with Crippen molar-refractivity contribution in [3.8, 4) is 0 Å². The third-order valence-electron chi connectivity index (χ3n) is 3.70. The van der Waals surface area contributed by atoms with Crippen LogP contribution in [0.2, 0.25) is 0 Å². The molecule has 0 aliphatic heterocycles. The fourth-order valence-corrected chi connectivity index (χ4v) is 3.24. The maximum Gasteiger partial charge on any atom is 0.0641 e. The van der Waals surface area contributed by atoms with Crippen LogP contribution in [0.4, 0.5) is 0 Å². The second kappa shape index (κ2) is 4.81. The van der Waals surface area contributed by atoms with Crippen molar-refractivity contribution in [2.75, 3.05) is 0 Å². The van der Waals surface area contributed by atoms with Gasteiger partial charge >= 0.3 is 0 Å². The quantitative estimate of drug-likeness (QED) is 0.256. The average molecular weight is 370 g/mol. The van der Waals surface area contributed by atoms with Gasteiger partial charge in [-0.15, -0.1) is 0 Å². The number of hydrogen-bond acceptors (Lipinski definition) is 0. The van der Waals surface area contributed by atoms with E-state index in [1.54, 1.807) is 0 Å². The summed E-state index contributed by atoms with van der Waals surface area (Å²) in [4.78, 5) is 0. The molecule has 0 N–H and O–H groups in total. The van der Waals surface area contributed by atoms with Crippen LogP contribution < -0.4 is 0 Å². The fourth-order valence-electron chi connectivity index (χ4n) is 2.74. The topological polar surface area (TPSA) is 0 Å². The molecule has 0 radical (unpaired) electrons. The highest BCUT2D eigenvalue weighted by molar-refractivity contribution is 9.10. The molecule has 0 saturated carbocycles. The van der Waals surface area contributed by atoms with Crippen LogP contribution in [0, 0.1) is 0 Å². The SMILES string of the molecule is [2H]c1c([2H])c([2H])c2c(c1[2H])c([2H])c([2H])c1c([2H])c(Br)c3c([2H])c([2H])c4c([2H])c([2H])c([2H])c([2H])c4c3c12. The van der Waals surface area contributed by atoms with E-state index in [1.165, 1.54) is 0 Å². The molecule has 1 heteroatoms. The molecule has 0 unspecified atom stereocenters. The predicted octanol–water partition coefficient (Wildman–Crippen LogP) is 7.06. The van der Waals surface area contributed by atoms with Gasteiger partial charge in [-0.2, -0.15) is 0 Å². The summed E-state index contributed by atoms with van der Waals surface area (Å²) in [5.41, 5.74) is 0. The summed E-state index contributed by atoms with van der Waals surface area (Å²) in [5, 5.41) is -1.33. The van der Waals surface area contributed by atoms with E-state index in [0.717, 1.165) is 0 Å². The zero-order valence-electron chi connectivity index (χ0n) is 24.4. The van der Waals surface area contributed by atoms with Gasteiger partial charge in [0.25, 0.3) is 0 Å². The number of halogens is 1. The Bertz CT molecular complexity index is 1730. The summed E-state index contributed by atoms with van der Waals surface area (Å²) in [6.45, 7) is 0. The molecule has 0 amide bonds. The van der Waals surface area contributed by atoms with E-state index in [0.29, 0.717) is 0 Å². The molecule has 0 bridgehead atoms. The highest BCUT2D eigenvalue weighted by Gasteiger charge is 2.11. The largest absolute Gasteiger partial charge is 0.0641 e. The minimum Gasteiger partial charge on any atom is -0.0616 e. The van der Waals surface area contributed by atoms with Gasteiger partial charge in [0.1, 0.15) is 0 Å². The third kappa shape index (κ3) is 1.83. The molecule has 0 saturated heterocycles. The zero-order chi connectivity index (χ0) is 26.7. The molecule has 5 aromatic rings. The molecule has 23 heavy (non-hydrogen) atoms. The predicted molar refractivity (Wildman–Crippen MR) is 104 cm³/mol. The fraction of sp³-hybridized carbons (Fsp3) is 0. The maximum absolute atomic E-state index is 8.71. The lowest BCUT2D eigenvalue weighted by atomic mass is 9.93. The van der Waals surface area contributed by atoms with Crippen LogP contribution in [-0.4, -0.2) is 0 Å². The van der Waals surface area contributed by atoms with Crippen molar-refractivity contribution in [3.05, 3.63) is 83.0 Å². The summed E-state index contributed by atoms with van der Waals surface area (Å²) in [7, 11) is 0. The Hall–Kier alpha value is -2.38. The smallest absolute Gasteiger partial charge is 0.0616 e. The van der Waals surface area contributed by atoms with E-state index in [4.69, 9.17) is 17.8 Å². The van der Waals surface area contributed by atoms with Crippen LogP contribution >= 0.6 is 15.9 Å². The first-order valence-electron chi connectivity index (χ1n) is 13.2. The number of hydrogen-bond donors (Lipinski definition) is 0. The number of benzene rings is 5. The standard InChI is InChI=1S/C22H13Br/c23-20-13-16-10-9-14-5-1-3-7-17(14)21(16)22-18-8-4-2-6-15(18)11-12-19(20)22/h1-13H/i1D,2D,3D,4D,5D,6D,7D,8D,9D,10D,11D,12D,13D. The monoisotopic (exact) mass is 369 g/mol. The van der Waals surface area contributed by atoms with Gasteiger partial charge < -0.3 is 0 Å². The molecular weight excluding hydrogens is 344 g/mol. The molecule has 0 heterocycles. The molecule has 0 fully saturated rings. The van der Waals surface area contributed by atoms with Crippen molar-refractivity contribution < 1.29 is 17.8 Å². The molecule has 5 rings (SSSR count). The summed E-state index contributed by atoms with van der Waals surface area (Å²) in [5.74, 6) is 0. The third-order valence-corrected chi connectivity index (χ3v) is 4.30. The Kier molecular flexibility index (Phi) is 1.17.